The van der Waals surface area contributed by atoms with Crippen molar-refractivity contribution in [3.63, 3.8) is 0 Å². The summed E-state index contributed by atoms with van der Waals surface area (Å²) in [6.07, 6.45) is 0. The fourth-order valence-electron chi connectivity index (χ4n) is 0.763. The number of carbonyl (C=O) groups excluding carboxylic acids is 1. The Morgan fingerprint density at radius 2 is 2.33 bits per heavy atom. The minimum absolute atomic E-state index is 0.0808. The highest BCUT2D eigenvalue weighted by Crippen LogP contribution is 2.36. The minimum Gasteiger partial charge on any atom is -0.298 e. The first-order chi connectivity index (χ1) is 6.91. The van der Waals surface area contributed by atoms with Crippen molar-refractivity contribution in [1.29, 1.82) is 0 Å². The van der Waals surface area contributed by atoms with Gasteiger partial charge in [0.2, 0.25) is 10.3 Å². The number of anilines is 1. The summed E-state index contributed by atoms with van der Waals surface area (Å²) in [7, 11) is 0. The Labute approximate surface area is 98.7 Å². The first-order valence-corrected chi connectivity index (χ1v) is 5.18. The van der Waals surface area contributed by atoms with Crippen molar-refractivity contribution in [3.05, 3.63) is 15.3 Å². The van der Waals surface area contributed by atoms with Gasteiger partial charge in [-0.2, -0.15) is 4.98 Å². The first kappa shape index (κ1) is 12.2. The van der Waals surface area contributed by atoms with Crippen molar-refractivity contribution in [2.75, 3.05) is 11.0 Å². The Hall–Kier alpha value is -0.920. The highest BCUT2D eigenvalue weighted by molar-refractivity contribution is 7.19. The number of halogens is 2. The van der Waals surface area contributed by atoms with Crippen LogP contribution in [0.25, 0.3) is 0 Å². The fraction of sp³-hybridized carbons (Fsp3) is 0.333. The molecular formula is C6H5Cl2N3O3S. The van der Waals surface area contributed by atoms with Crippen LogP contribution in [-0.2, 0) is 4.79 Å². The summed E-state index contributed by atoms with van der Waals surface area (Å²) < 4.78 is 0.992. The molecule has 9 heteroatoms. The van der Waals surface area contributed by atoms with Crippen molar-refractivity contribution >= 4 is 50.6 Å². The van der Waals surface area contributed by atoms with Gasteiger partial charge in [-0.25, -0.2) is 0 Å². The molecule has 1 heterocycles. The predicted molar refractivity (Wildman–Crippen MR) is 57.7 cm³/mol. The quantitative estimate of drug-likeness (QED) is 0.476. The molecule has 0 saturated carbocycles. The molecule has 82 valence electrons. The normalized spacial score (nSPS) is 10.1. The predicted octanol–water partition coefficient (Wildman–Crippen LogP) is 2.25. The Morgan fingerprint density at radius 1 is 1.73 bits per heavy atom. The minimum atomic E-state index is -0.651. The van der Waals surface area contributed by atoms with E-state index in [2.05, 4.69) is 4.98 Å². The molecule has 0 aliphatic heterocycles. The van der Waals surface area contributed by atoms with Crippen molar-refractivity contribution in [1.82, 2.24) is 4.98 Å². The summed E-state index contributed by atoms with van der Waals surface area (Å²) in [6.45, 7) is 1.27. The first-order valence-electron chi connectivity index (χ1n) is 3.65. The molecule has 15 heavy (non-hydrogen) atoms. The van der Waals surface area contributed by atoms with Gasteiger partial charge >= 0.3 is 5.00 Å². The Balaban J connectivity index is 2.91. The number of ketones is 1. The van der Waals surface area contributed by atoms with E-state index in [4.69, 9.17) is 23.4 Å². The second-order valence-electron chi connectivity index (χ2n) is 2.57. The number of thiazole rings is 1. The summed E-state index contributed by atoms with van der Waals surface area (Å²) in [5, 5.41) is 10.1. The van der Waals surface area contributed by atoms with Crippen LogP contribution in [0.1, 0.15) is 6.92 Å². The molecule has 0 aliphatic rings. The molecular weight excluding hydrogens is 265 g/mol. The molecule has 0 aliphatic carbocycles. The number of hydrogen-bond donors (Lipinski definition) is 0. The third kappa shape index (κ3) is 3.01. The molecule has 0 bridgehead atoms. The SMILES string of the molecule is CC(=O)CN(Cl)c1nc(Cl)c([N+](=O)[O-])s1. The lowest BCUT2D eigenvalue weighted by molar-refractivity contribution is -0.380. The molecule has 0 amide bonds. The summed E-state index contributed by atoms with van der Waals surface area (Å²) in [5.41, 5.74) is 0. The average molecular weight is 270 g/mol. The van der Waals surface area contributed by atoms with Crippen molar-refractivity contribution in [2.45, 2.75) is 6.92 Å². The summed E-state index contributed by atoms with van der Waals surface area (Å²) in [4.78, 5) is 24.2. The van der Waals surface area contributed by atoms with Crippen LogP contribution in [0.15, 0.2) is 0 Å². The number of hydrogen-bond acceptors (Lipinski definition) is 6. The third-order valence-corrected chi connectivity index (χ3v) is 3.08. The van der Waals surface area contributed by atoms with E-state index in [0.717, 1.165) is 15.8 Å². The molecule has 0 unspecified atom stereocenters. The van der Waals surface area contributed by atoms with E-state index in [9.17, 15) is 14.9 Å². The van der Waals surface area contributed by atoms with Crippen molar-refractivity contribution < 1.29 is 9.72 Å². The fourth-order valence-corrected chi connectivity index (χ4v) is 2.07. The molecule has 1 rings (SSSR count). The molecule has 0 aromatic carbocycles. The van der Waals surface area contributed by atoms with E-state index in [-0.39, 0.29) is 27.6 Å². The van der Waals surface area contributed by atoms with E-state index in [1.54, 1.807) is 0 Å². The van der Waals surface area contributed by atoms with Crippen LogP contribution in [-0.4, -0.2) is 22.2 Å². The van der Waals surface area contributed by atoms with Gasteiger partial charge in [0.1, 0.15) is 0 Å². The van der Waals surface area contributed by atoms with Gasteiger partial charge in [-0.3, -0.25) is 19.3 Å². The zero-order valence-electron chi connectivity index (χ0n) is 7.44. The number of nitro groups is 1. The summed E-state index contributed by atoms with van der Waals surface area (Å²) in [5.74, 6) is -0.182. The maximum absolute atomic E-state index is 10.7. The molecule has 0 saturated heterocycles. The molecule has 0 fully saturated rings. The summed E-state index contributed by atoms with van der Waals surface area (Å²) in [6, 6.07) is 0. The van der Waals surface area contributed by atoms with Crippen LogP contribution < -0.4 is 4.42 Å². The number of carbonyl (C=O) groups is 1. The molecule has 1 aromatic rings. The Bertz CT molecular complexity index is 408. The van der Waals surface area contributed by atoms with Gasteiger partial charge in [0, 0.05) is 11.8 Å². The van der Waals surface area contributed by atoms with Crippen LogP contribution in [0.5, 0.6) is 0 Å². The van der Waals surface area contributed by atoms with Gasteiger partial charge in [-0.1, -0.05) is 11.6 Å². The van der Waals surface area contributed by atoms with Crippen LogP contribution in [0, 0.1) is 10.1 Å². The topological polar surface area (TPSA) is 76.3 Å². The zero-order chi connectivity index (χ0) is 11.6. The van der Waals surface area contributed by atoms with Crippen LogP contribution in [0.4, 0.5) is 10.1 Å². The van der Waals surface area contributed by atoms with Crippen LogP contribution in [0.2, 0.25) is 5.15 Å². The maximum Gasteiger partial charge on any atom is 0.364 e. The van der Waals surface area contributed by atoms with E-state index in [0.29, 0.717) is 0 Å². The van der Waals surface area contributed by atoms with E-state index in [1.165, 1.54) is 6.92 Å². The lowest BCUT2D eigenvalue weighted by Gasteiger charge is -2.07. The second kappa shape index (κ2) is 4.73. The molecule has 6 nitrogen and oxygen atoms in total. The van der Waals surface area contributed by atoms with Crippen molar-refractivity contribution in [3.8, 4) is 0 Å². The van der Waals surface area contributed by atoms with Crippen LogP contribution in [0.3, 0.4) is 0 Å². The second-order valence-corrected chi connectivity index (χ2v) is 4.29. The molecule has 0 N–H and O–H groups in total. The maximum atomic E-state index is 10.7. The monoisotopic (exact) mass is 269 g/mol. The van der Waals surface area contributed by atoms with Gasteiger partial charge in [0.15, 0.2) is 5.78 Å². The van der Waals surface area contributed by atoms with Gasteiger partial charge < -0.3 is 0 Å². The molecule has 0 radical (unpaired) electrons. The standard InChI is InChI=1S/C6H5Cl2N3O3S/c1-3(12)2-10(8)6-9-4(7)5(15-6)11(13)14/h2H2,1H3. The zero-order valence-corrected chi connectivity index (χ0v) is 9.77. The van der Waals surface area contributed by atoms with E-state index < -0.39 is 4.92 Å². The van der Waals surface area contributed by atoms with Gasteiger partial charge in [0.25, 0.3) is 0 Å². The highest BCUT2D eigenvalue weighted by Gasteiger charge is 2.22. The van der Waals surface area contributed by atoms with Crippen molar-refractivity contribution in [2.24, 2.45) is 0 Å². The number of Topliss-reactive ketones (excluding diaryl/α,β-unsaturated/α-hetero) is 1. The van der Waals surface area contributed by atoms with E-state index >= 15 is 0 Å². The number of nitrogens with zero attached hydrogens (tertiary/aromatic N) is 3. The molecule has 0 spiro atoms. The lowest BCUT2D eigenvalue weighted by Crippen LogP contribution is -2.17. The molecule has 1 aromatic heterocycles. The lowest BCUT2D eigenvalue weighted by atomic mass is 10.4. The van der Waals surface area contributed by atoms with Gasteiger partial charge in [0.05, 0.1) is 11.5 Å². The average Bonchev–Trinajstić information content (AvgIpc) is 2.46. The Morgan fingerprint density at radius 3 is 2.73 bits per heavy atom. The largest absolute Gasteiger partial charge is 0.364 e. The Kier molecular flexibility index (Phi) is 3.83. The van der Waals surface area contributed by atoms with E-state index in [1.807, 2.05) is 0 Å². The van der Waals surface area contributed by atoms with Crippen LogP contribution >= 0.6 is 34.7 Å². The smallest absolute Gasteiger partial charge is 0.298 e. The number of aromatic nitrogens is 1. The third-order valence-electron chi connectivity index (χ3n) is 1.29. The van der Waals surface area contributed by atoms with Gasteiger partial charge in [-0.15, -0.1) is 0 Å². The molecule has 0 atom stereocenters. The number of rotatable bonds is 4. The summed E-state index contributed by atoms with van der Waals surface area (Å²) >= 11 is 11.9. The van der Waals surface area contributed by atoms with Gasteiger partial charge in [-0.05, 0) is 18.3 Å². The highest BCUT2D eigenvalue weighted by atomic mass is 35.5.